The van der Waals surface area contributed by atoms with Gasteiger partial charge in [0.1, 0.15) is 6.07 Å². The van der Waals surface area contributed by atoms with Crippen LogP contribution in [0, 0.1) is 11.3 Å². The zero-order chi connectivity index (χ0) is 16.2. The molecule has 0 N–H and O–H groups in total. The van der Waals surface area contributed by atoms with Gasteiger partial charge in [-0.25, -0.2) is 4.79 Å². The summed E-state index contributed by atoms with van der Waals surface area (Å²) in [4.78, 5) is 25.8. The molecule has 0 bridgehead atoms. The first-order valence-corrected chi connectivity index (χ1v) is 7.93. The van der Waals surface area contributed by atoms with Crippen LogP contribution in [0.25, 0.3) is 0 Å². The Hall–Kier alpha value is -1.68. The molecular weight excluding hydrogens is 297 g/mol. The highest BCUT2D eigenvalue weighted by Gasteiger charge is 2.39. The molecule has 1 rings (SSSR count). The van der Waals surface area contributed by atoms with Crippen molar-refractivity contribution >= 4 is 19.5 Å². The number of imide groups is 1. The number of carbonyl (C=O) groups excluding carboxylic acids is 2. The molecule has 0 aromatic rings. The maximum absolute atomic E-state index is 12.7. The third kappa shape index (κ3) is 3.32. The number of urea groups is 1. The standard InChI is InChI=1S/C12H18N3O5P/c1-5-19-21(18,20-6-2)10(8-13)9-7-11(16)15(4)12(17)14(9)3/h5-7H2,1-4H3/b10-9-. The molecule has 1 aliphatic heterocycles. The number of hydrogen-bond donors (Lipinski definition) is 0. The quantitative estimate of drug-likeness (QED) is 0.567. The maximum Gasteiger partial charge on any atom is 0.373 e. The van der Waals surface area contributed by atoms with E-state index in [1.807, 2.05) is 0 Å². The van der Waals surface area contributed by atoms with Gasteiger partial charge < -0.3 is 9.05 Å². The van der Waals surface area contributed by atoms with Crippen molar-refractivity contribution in [1.82, 2.24) is 9.80 Å². The van der Waals surface area contributed by atoms with Gasteiger partial charge >= 0.3 is 13.6 Å². The zero-order valence-corrected chi connectivity index (χ0v) is 13.3. The molecule has 0 saturated carbocycles. The topological polar surface area (TPSA) is 99.9 Å². The smallest absolute Gasteiger partial charge is 0.305 e. The van der Waals surface area contributed by atoms with Crippen molar-refractivity contribution in [1.29, 1.82) is 5.26 Å². The minimum atomic E-state index is -3.85. The molecule has 0 spiro atoms. The number of rotatable bonds is 5. The lowest BCUT2D eigenvalue weighted by Crippen LogP contribution is -2.47. The summed E-state index contributed by atoms with van der Waals surface area (Å²) in [5.41, 5.74) is 0.0517. The van der Waals surface area contributed by atoms with Crippen LogP contribution in [0.3, 0.4) is 0 Å². The highest BCUT2D eigenvalue weighted by molar-refractivity contribution is 7.59. The van der Waals surface area contributed by atoms with Crippen molar-refractivity contribution in [3.63, 3.8) is 0 Å². The second kappa shape index (κ2) is 6.85. The summed E-state index contributed by atoms with van der Waals surface area (Å²) in [6, 6.07) is 1.17. The average Bonchev–Trinajstić information content (AvgIpc) is 2.43. The Bertz CT molecular complexity index is 556. The van der Waals surface area contributed by atoms with Crippen molar-refractivity contribution in [3.05, 3.63) is 11.0 Å². The van der Waals surface area contributed by atoms with E-state index in [2.05, 4.69) is 0 Å². The van der Waals surface area contributed by atoms with Crippen LogP contribution in [0.15, 0.2) is 11.0 Å². The van der Waals surface area contributed by atoms with E-state index in [0.717, 1.165) is 9.80 Å². The van der Waals surface area contributed by atoms with Gasteiger partial charge in [-0.2, -0.15) is 5.26 Å². The molecule has 1 saturated heterocycles. The van der Waals surface area contributed by atoms with E-state index in [-0.39, 0.29) is 30.6 Å². The van der Waals surface area contributed by atoms with Gasteiger partial charge in [-0.3, -0.25) is 19.2 Å². The second-order valence-electron chi connectivity index (χ2n) is 4.21. The lowest BCUT2D eigenvalue weighted by atomic mass is 10.2. The Labute approximate surface area is 123 Å². The van der Waals surface area contributed by atoms with Crippen molar-refractivity contribution in [2.45, 2.75) is 20.3 Å². The molecule has 116 valence electrons. The second-order valence-corrected chi connectivity index (χ2v) is 6.17. The normalized spacial score (nSPS) is 18.8. The first-order chi connectivity index (χ1) is 9.82. The van der Waals surface area contributed by atoms with E-state index in [9.17, 15) is 19.4 Å². The highest BCUT2D eigenvalue weighted by Crippen LogP contribution is 2.57. The Morgan fingerprint density at radius 1 is 1.24 bits per heavy atom. The molecule has 0 atom stereocenters. The van der Waals surface area contributed by atoms with Crippen LogP contribution in [0.4, 0.5) is 4.79 Å². The molecule has 0 aromatic carbocycles. The summed E-state index contributed by atoms with van der Waals surface area (Å²) in [6.07, 6.45) is -0.216. The maximum atomic E-state index is 12.7. The monoisotopic (exact) mass is 315 g/mol. The molecule has 1 fully saturated rings. The van der Waals surface area contributed by atoms with E-state index in [1.54, 1.807) is 19.9 Å². The first-order valence-electron chi connectivity index (χ1n) is 6.39. The summed E-state index contributed by atoms with van der Waals surface area (Å²) in [5.74, 6) is -0.486. The van der Waals surface area contributed by atoms with Crippen molar-refractivity contribution < 1.29 is 23.2 Å². The average molecular weight is 315 g/mol. The summed E-state index contributed by atoms with van der Waals surface area (Å²) >= 11 is 0. The molecule has 8 nitrogen and oxygen atoms in total. The molecule has 3 amide bonds. The third-order valence-electron chi connectivity index (χ3n) is 2.92. The molecule has 1 heterocycles. The Kier molecular flexibility index (Phi) is 5.67. The van der Waals surface area contributed by atoms with E-state index in [1.165, 1.54) is 14.1 Å². The highest BCUT2D eigenvalue weighted by atomic mass is 31.2. The van der Waals surface area contributed by atoms with Gasteiger partial charge in [0.15, 0.2) is 5.31 Å². The fraction of sp³-hybridized carbons (Fsp3) is 0.583. The van der Waals surface area contributed by atoms with Crippen LogP contribution in [0.1, 0.15) is 20.3 Å². The van der Waals surface area contributed by atoms with Crippen LogP contribution in [-0.4, -0.2) is 49.0 Å². The van der Waals surface area contributed by atoms with Gasteiger partial charge in [-0.05, 0) is 13.8 Å². The summed E-state index contributed by atoms with van der Waals surface area (Å²) < 4.78 is 22.9. The fourth-order valence-electron chi connectivity index (χ4n) is 1.86. The number of carbonyl (C=O) groups is 2. The van der Waals surface area contributed by atoms with Crippen LogP contribution in [-0.2, 0) is 18.4 Å². The molecular formula is C12H18N3O5P. The Balaban J connectivity index is 3.40. The van der Waals surface area contributed by atoms with Crippen molar-refractivity contribution in [3.8, 4) is 6.07 Å². The predicted molar refractivity (Wildman–Crippen MR) is 74.0 cm³/mol. The Morgan fingerprint density at radius 3 is 2.19 bits per heavy atom. The number of amides is 3. The lowest BCUT2D eigenvalue weighted by molar-refractivity contribution is -0.128. The van der Waals surface area contributed by atoms with E-state index in [4.69, 9.17) is 9.05 Å². The number of nitrogens with zero attached hydrogens (tertiary/aromatic N) is 3. The SMILES string of the molecule is CCOP(=O)(OCC)/C(C#N)=C1/CC(=O)N(C)C(=O)N1C. The van der Waals surface area contributed by atoms with Gasteiger partial charge in [0.2, 0.25) is 5.91 Å². The van der Waals surface area contributed by atoms with Gasteiger partial charge in [0, 0.05) is 14.1 Å². The minimum Gasteiger partial charge on any atom is -0.305 e. The number of nitriles is 1. The van der Waals surface area contributed by atoms with Gasteiger partial charge in [0.25, 0.3) is 0 Å². The zero-order valence-electron chi connectivity index (χ0n) is 12.5. The lowest BCUT2D eigenvalue weighted by Gasteiger charge is -2.32. The van der Waals surface area contributed by atoms with Crippen LogP contribution in [0.5, 0.6) is 0 Å². The van der Waals surface area contributed by atoms with Gasteiger partial charge in [0.05, 0.1) is 25.3 Å². The Morgan fingerprint density at radius 2 is 1.76 bits per heavy atom. The van der Waals surface area contributed by atoms with E-state index >= 15 is 0 Å². The number of allylic oxidation sites excluding steroid dienone is 1. The molecule has 21 heavy (non-hydrogen) atoms. The summed E-state index contributed by atoms with van der Waals surface area (Å²) in [5, 5.41) is 9.02. The summed E-state index contributed by atoms with van der Waals surface area (Å²) in [6.45, 7) is 3.36. The first kappa shape index (κ1) is 17.4. The van der Waals surface area contributed by atoms with Crippen LogP contribution in [0.2, 0.25) is 0 Å². The molecule has 9 heteroatoms. The van der Waals surface area contributed by atoms with Gasteiger partial charge in [-0.15, -0.1) is 0 Å². The van der Waals surface area contributed by atoms with E-state index in [0.29, 0.717) is 0 Å². The predicted octanol–water partition coefficient (Wildman–Crippen LogP) is 1.90. The molecule has 0 aromatic heterocycles. The largest absolute Gasteiger partial charge is 0.373 e. The van der Waals surface area contributed by atoms with Gasteiger partial charge in [-0.1, -0.05) is 0 Å². The fourth-order valence-corrected chi connectivity index (χ4v) is 3.54. The third-order valence-corrected chi connectivity index (χ3v) is 5.02. The molecule has 0 radical (unpaired) electrons. The molecule has 1 aliphatic rings. The number of hydrogen-bond acceptors (Lipinski definition) is 6. The minimum absolute atomic E-state index is 0.0517. The van der Waals surface area contributed by atoms with Crippen molar-refractivity contribution in [2.24, 2.45) is 0 Å². The molecule has 0 aliphatic carbocycles. The van der Waals surface area contributed by atoms with E-state index < -0.39 is 19.5 Å². The van der Waals surface area contributed by atoms with Crippen molar-refractivity contribution in [2.75, 3.05) is 27.3 Å². The van der Waals surface area contributed by atoms with Crippen LogP contribution >= 0.6 is 7.60 Å². The van der Waals surface area contributed by atoms with Crippen LogP contribution < -0.4 is 0 Å². The summed E-state index contributed by atoms with van der Waals surface area (Å²) in [7, 11) is -1.11. The molecule has 0 unspecified atom stereocenters.